The molecule has 0 fully saturated rings. The molecule has 1 N–H and O–H groups in total. The van der Waals surface area contributed by atoms with Crippen LogP contribution in [0.3, 0.4) is 0 Å². The second-order valence-electron chi connectivity index (χ2n) is 3.83. The third kappa shape index (κ3) is 2.98. The van der Waals surface area contributed by atoms with Crippen LogP contribution in [-0.4, -0.2) is 0 Å². The molecule has 0 saturated carbocycles. The average Bonchev–Trinajstić information content (AvgIpc) is 2.26. The highest BCUT2D eigenvalue weighted by molar-refractivity contribution is 5.64. The molecule has 0 unspecified atom stereocenters. The highest BCUT2D eigenvalue weighted by Crippen LogP contribution is 2.19. The smallest absolute Gasteiger partial charge is 0.0409 e. The SMILES string of the molecule is C=CN/C(=C\C)c1cccc(C(C)C)c1. The molecule has 0 heterocycles. The van der Waals surface area contributed by atoms with Crippen molar-refractivity contribution in [1.29, 1.82) is 0 Å². The summed E-state index contributed by atoms with van der Waals surface area (Å²) in [5.74, 6) is 0.562. The van der Waals surface area contributed by atoms with Crippen LogP contribution in [0, 0.1) is 0 Å². The van der Waals surface area contributed by atoms with Gasteiger partial charge in [-0.3, -0.25) is 0 Å². The van der Waals surface area contributed by atoms with E-state index in [0.717, 1.165) is 5.70 Å². The molecule has 0 spiro atoms. The number of rotatable bonds is 4. The quantitative estimate of drug-likeness (QED) is 0.779. The molecule has 1 aromatic rings. The van der Waals surface area contributed by atoms with Crippen LogP contribution in [0.4, 0.5) is 0 Å². The monoisotopic (exact) mass is 201 g/mol. The van der Waals surface area contributed by atoms with Crippen molar-refractivity contribution >= 4 is 5.70 Å². The van der Waals surface area contributed by atoms with Gasteiger partial charge in [-0.2, -0.15) is 0 Å². The topological polar surface area (TPSA) is 12.0 Å². The Labute approximate surface area is 92.5 Å². The Balaban J connectivity index is 3.03. The van der Waals surface area contributed by atoms with Crippen molar-refractivity contribution in [2.75, 3.05) is 0 Å². The van der Waals surface area contributed by atoms with E-state index in [0.29, 0.717) is 5.92 Å². The third-order valence-corrected chi connectivity index (χ3v) is 2.41. The normalized spacial score (nSPS) is 11.6. The zero-order valence-electron chi connectivity index (χ0n) is 9.75. The number of nitrogens with one attached hydrogen (secondary N) is 1. The molecule has 80 valence electrons. The van der Waals surface area contributed by atoms with Gasteiger partial charge in [0.25, 0.3) is 0 Å². The first-order valence-corrected chi connectivity index (χ1v) is 5.33. The van der Waals surface area contributed by atoms with Gasteiger partial charge in [0.05, 0.1) is 0 Å². The fraction of sp³-hybridized carbons (Fsp3) is 0.286. The molecule has 0 bridgehead atoms. The van der Waals surface area contributed by atoms with Gasteiger partial charge in [0.2, 0.25) is 0 Å². The van der Waals surface area contributed by atoms with Crippen LogP contribution in [0.5, 0.6) is 0 Å². The standard InChI is InChI=1S/C14H19N/c1-5-14(15-6-2)13-9-7-8-12(10-13)11(3)4/h5-11,15H,2H2,1,3-4H3/b14-5-. The van der Waals surface area contributed by atoms with Crippen LogP contribution in [-0.2, 0) is 0 Å². The van der Waals surface area contributed by atoms with E-state index in [-0.39, 0.29) is 0 Å². The first-order chi connectivity index (χ1) is 7.19. The molecule has 0 saturated heterocycles. The van der Waals surface area contributed by atoms with Gasteiger partial charge >= 0.3 is 0 Å². The second-order valence-corrected chi connectivity index (χ2v) is 3.83. The van der Waals surface area contributed by atoms with Gasteiger partial charge in [-0.05, 0) is 36.2 Å². The lowest BCUT2D eigenvalue weighted by atomic mass is 9.99. The molecule has 1 heteroatoms. The number of benzene rings is 1. The van der Waals surface area contributed by atoms with Crippen LogP contribution < -0.4 is 5.32 Å². The van der Waals surface area contributed by atoms with Crippen molar-refractivity contribution in [2.24, 2.45) is 0 Å². The summed E-state index contributed by atoms with van der Waals surface area (Å²) in [6, 6.07) is 8.59. The van der Waals surface area contributed by atoms with Gasteiger partial charge in [0.1, 0.15) is 0 Å². The van der Waals surface area contributed by atoms with Crippen molar-refractivity contribution in [3.8, 4) is 0 Å². The summed E-state index contributed by atoms with van der Waals surface area (Å²) < 4.78 is 0. The Hall–Kier alpha value is -1.50. The molecule has 0 amide bonds. The minimum atomic E-state index is 0.562. The Morgan fingerprint density at radius 3 is 2.67 bits per heavy atom. The van der Waals surface area contributed by atoms with Crippen LogP contribution in [0.25, 0.3) is 5.70 Å². The Morgan fingerprint density at radius 2 is 2.13 bits per heavy atom. The lowest BCUT2D eigenvalue weighted by Crippen LogP contribution is -2.03. The molecule has 0 atom stereocenters. The van der Waals surface area contributed by atoms with Crippen molar-refractivity contribution in [3.63, 3.8) is 0 Å². The Kier molecular flexibility index (Phi) is 4.17. The fourth-order valence-electron chi connectivity index (χ4n) is 1.51. The van der Waals surface area contributed by atoms with Gasteiger partial charge in [0.15, 0.2) is 0 Å². The maximum absolute atomic E-state index is 3.68. The second kappa shape index (κ2) is 5.40. The van der Waals surface area contributed by atoms with E-state index in [1.54, 1.807) is 6.20 Å². The lowest BCUT2D eigenvalue weighted by Gasteiger charge is -2.10. The molecule has 1 rings (SSSR count). The predicted molar refractivity (Wildman–Crippen MR) is 67.5 cm³/mol. The summed E-state index contributed by atoms with van der Waals surface area (Å²) in [7, 11) is 0. The molecule has 1 nitrogen and oxygen atoms in total. The molecular weight excluding hydrogens is 182 g/mol. The number of hydrogen-bond acceptors (Lipinski definition) is 1. The summed E-state index contributed by atoms with van der Waals surface area (Å²) in [5.41, 5.74) is 3.67. The van der Waals surface area contributed by atoms with Gasteiger partial charge in [-0.25, -0.2) is 0 Å². The molecule has 0 aliphatic heterocycles. The van der Waals surface area contributed by atoms with E-state index in [9.17, 15) is 0 Å². The maximum atomic E-state index is 3.68. The molecule has 0 radical (unpaired) electrons. The van der Waals surface area contributed by atoms with Crippen molar-refractivity contribution in [3.05, 3.63) is 54.2 Å². The van der Waals surface area contributed by atoms with Gasteiger partial charge in [0, 0.05) is 5.70 Å². The van der Waals surface area contributed by atoms with Gasteiger partial charge in [-0.1, -0.05) is 44.7 Å². The zero-order chi connectivity index (χ0) is 11.3. The van der Waals surface area contributed by atoms with Crippen molar-refractivity contribution < 1.29 is 0 Å². The van der Waals surface area contributed by atoms with Gasteiger partial charge in [-0.15, -0.1) is 0 Å². The van der Waals surface area contributed by atoms with E-state index in [1.807, 2.05) is 6.92 Å². The minimum Gasteiger partial charge on any atom is -0.362 e. The summed E-state index contributed by atoms with van der Waals surface area (Å²) in [4.78, 5) is 0. The molecule has 15 heavy (non-hydrogen) atoms. The van der Waals surface area contributed by atoms with Crippen molar-refractivity contribution in [1.82, 2.24) is 5.32 Å². The molecule has 1 aromatic carbocycles. The van der Waals surface area contributed by atoms with E-state index >= 15 is 0 Å². The highest BCUT2D eigenvalue weighted by atomic mass is 14.8. The average molecular weight is 201 g/mol. The molecule has 0 aliphatic carbocycles. The van der Waals surface area contributed by atoms with Crippen LogP contribution in [0.2, 0.25) is 0 Å². The number of allylic oxidation sites excluding steroid dienone is 1. The minimum absolute atomic E-state index is 0.562. The lowest BCUT2D eigenvalue weighted by molar-refractivity contribution is 0.865. The zero-order valence-corrected chi connectivity index (χ0v) is 9.75. The van der Waals surface area contributed by atoms with Crippen LogP contribution in [0.15, 0.2) is 43.1 Å². The predicted octanol–water partition coefficient (Wildman–Crippen LogP) is 3.90. The molecule has 0 aromatic heterocycles. The first kappa shape index (κ1) is 11.6. The third-order valence-electron chi connectivity index (χ3n) is 2.41. The maximum Gasteiger partial charge on any atom is 0.0409 e. The van der Waals surface area contributed by atoms with E-state index in [4.69, 9.17) is 0 Å². The van der Waals surface area contributed by atoms with Crippen LogP contribution in [0.1, 0.15) is 37.8 Å². The van der Waals surface area contributed by atoms with E-state index in [1.165, 1.54) is 11.1 Å². The molecule has 0 aliphatic rings. The summed E-state index contributed by atoms with van der Waals surface area (Å²) in [5, 5.41) is 3.14. The number of hydrogen-bond donors (Lipinski definition) is 1. The largest absolute Gasteiger partial charge is 0.362 e. The van der Waals surface area contributed by atoms with Gasteiger partial charge < -0.3 is 5.32 Å². The molecular formula is C14H19N. The van der Waals surface area contributed by atoms with Crippen LogP contribution >= 0.6 is 0 Å². The first-order valence-electron chi connectivity index (χ1n) is 5.33. The summed E-state index contributed by atoms with van der Waals surface area (Å²) in [6.45, 7) is 10.1. The summed E-state index contributed by atoms with van der Waals surface area (Å²) >= 11 is 0. The fourth-order valence-corrected chi connectivity index (χ4v) is 1.51. The van der Waals surface area contributed by atoms with E-state index < -0.39 is 0 Å². The Bertz CT molecular complexity index is 361. The Morgan fingerprint density at radius 1 is 1.40 bits per heavy atom. The van der Waals surface area contributed by atoms with Crippen molar-refractivity contribution in [2.45, 2.75) is 26.7 Å². The highest BCUT2D eigenvalue weighted by Gasteiger charge is 2.02. The van der Waals surface area contributed by atoms with E-state index in [2.05, 4.69) is 56.1 Å². The summed E-state index contributed by atoms with van der Waals surface area (Å²) in [6.07, 6.45) is 3.76.